The van der Waals surface area contributed by atoms with E-state index in [1.165, 1.54) is 13.3 Å². The first-order valence-electron chi connectivity index (χ1n) is 4.11. The highest BCUT2D eigenvalue weighted by Crippen LogP contribution is 2.40. The smallest absolute Gasteiger partial charge is 0.302 e. The zero-order valence-electron chi connectivity index (χ0n) is 6.62. The molecular weight excluding hydrogens is 140 g/mol. The lowest BCUT2D eigenvalue weighted by atomic mass is 10.0. The van der Waals surface area contributed by atoms with Gasteiger partial charge in [0.1, 0.15) is 6.10 Å². The molecule has 0 aliphatic heterocycles. The van der Waals surface area contributed by atoms with E-state index in [4.69, 9.17) is 4.74 Å². The fraction of sp³-hybridized carbons (Fsp3) is 0.667. The molecule has 2 bridgehead atoms. The molecule has 1 fully saturated rings. The minimum atomic E-state index is -0.143. The molecule has 3 atom stereocenters. The summed E-state index contributed by atoms with van der Waals surface area (Å²) in [6.45, 7) is 1.48. The van der Waals surface area contributed by atoms with Crippen LogP contribution in [-0.2, 0) is 9.53 Å². The number of rotatable bonds is 1. The van der Waals surface area contributed by atoms with E-state index >= 15 is 0 Å². The van der Waals surface area contributed by atoms with Gasteiger partial charge < -0.3 is 4.74 Å². The minimum Gasteiger partial charge on any atom is -0.462 e. The fourth-order valence-corrected chi connectivity index (χ4v) is 2.08. The van der Waals surface area contributed by atoms with Gasteiger partial charge in [0, 0.05) is 12.8 Å². The Morgan fingerprint density at radius 1 is 1.45 bits per heavy atom. The average Bonchev–Trinajstić information content (AvgIpc) is 2.45. The summed E-state index contributed by atoms with van der Waals surface area (Å²) in [6, 6.07) is 0. The topological polar surface area (TPSA) is 26.3 Å². The van der Waals surface area contributed by atoms with Crippen LogP contribution in [0.3, 0.4) is 0 Å². The van der Waals surface area contributed by atoms with Gasteiger partial charge in [-0.05, 0) is 18.8 Å². The molecule has 0 unspecified atom stereocenters. The van der Waals surface area contributed by atoms with E-state index in [1.807, 2.05) is 0 Å². The molecule has 2 nitrogen and oxygen atoms in total. The van der Waals surface area contributed by atoms with Crippen molar-refractivity contribution in [2.75, 3.05) is 0 Å². The number of allylic oxidation sites excluding steroid dienone is 1. The van der Waals surface area contributed by atoms with Crippen molar-refractivity contribution in [1.29, 1.82) is 0 Å². The normalized spacial score (nSPS) is 39.5. The first-order valence-corrected chi connectivity index (χ1v) is 4.11. The van der Waals surface area contributed by atoms with Crippen LogP contribution >= 0.6 is 0 Å². The second kappa shape index (κ2) is 2.36. The molecule has 0 saturated heterocycles. The summed E-state index contributed by atoms with van der Waals surface area (Å²) in [4.78, 5) is 10.6. The quantitative estimate of drug-likeness (QED) is 0.420. The fourth-order valence-electron chi connectivity index (χ4n) is 2.08. The monoisotopic (exact) mass is 152 g/mol. The summed E-state index contributed by atoms with van der Waals surface area (Å²) < 4.78 is 5.15. The van der Waals surface area contributed by atoms with Gasteiger partial charge in [0.25, 0.3) is 0 Å². The van der Waals surface area contributed by atoms with Gasteiger partial charge >= 0.3 is 5.97 Å². The van der Waals surface area contributed by atoms with Gasteiger partial charge in [0.2, 0.25) is 0 Å². The third-order valence-corrected chi connectivity index (χ3v) is 2.54. The van der Waals surface area contributed by atoms with Crippen molar-refractivity contribution in [3.63, 3.8) is 0 Å². The van der Waals surface area contributed by atoms with Gasteiger partial charge in [-0.2, -0.15) is 0 Å². The molecule has 2 aliphatic carbocycles. The molecule has 1 saturated carbocycles. The summed E-state index contributed by atoms with van der Waals surface area (Å²) in [5.74, 6) is 1.06. The second-order valence-corrected chi connectivity index (χ2v) is 3.43. The van der Waals surface area contributed by atoms with Gasteiger partial charge in [-0.3, -0.25) is 4.79 Å². The molecular formula is C9H12O2. The van der Waals surface area contributed by atoms with E-state index in [9.17, 15) is 4.79 Å². The maximum atomic E-state index is 10.6. The van der Waals surface area contributed by atoms with Gasteiger partial charge in [0.15, 0.2) is 0 Å². The van der Waals surface area contributed by atoms with E-state index in [2.05, 4.69) is 12.2 Å². The summed E-state index contributed by atoms with van der Waals surface area (Å²) in [7, 11) is 0. The molecule has 0 aromatic heterocycles. The number of fused-ring (bicyclic) bond motifs is 2. The van der Waals surface area contributed by atoms with Crippen LogP contribution in [0.1, 0.15) is 19.8 Å². The number of hydrogen-bond acceptors (Lipinski definition) is 2. The number of carbonyl (C=O) groups excluding carboxylic acids is 1. The summed E-state index contributed by atoms with van der Waals surface area (Å²) in [5, 5.41) is 0. The third-order valence-electron chi connectivity index (χ3n) is 2.54. The predicted molar refractivity (Wildman–Crippen MR) is 40.9 cm³/mol. The molecule has 0 N–H and O–H groups in total. The van der Waals surface area contributed by atoms with E-state index in [0.717, 1.165) is 6.42 Å². The molecule has 0 heterocycles. The van der Waals surface area contributed by atoms with Crippen molar-refractivity contribution in [2.24, 2.45) is 11.8 Å². The highest BCUT2D eigenvalue weighted by molar-refractivity contribution is 5.66. The maximum absolute atomic E-state index is 10.6. The van der Waals surface area contributed by atoms with Crippen molar-refractivity contribution in [3.8, 4) is 0 Å². The Morgan fingerprint density at radius 3 is 2.73 bits per heavy atom. The standard InChI is InChI=1S/C9H12O2/c1-6(10)11-9-5-7-2-3-8(9)4-7/h2-3,7-9H,4-5H2,1H3/t7-,8+,9-/m0/s1. The molecule has 11 heavy (non-hydrogen) atoms. The average molecular weight is 152 g/mol. The van der Waals surface area contributed by atoms with Crippen molar-refractivity contribution >= 4 is 5.97 Å². The largest absolute Gasteiger partial charge is 0.462 e. The van der Waals surface area contributed by atoms with E-state index in [1.54, 1.807) is 0 Å². The van der Waals surface area contributed by atoms with Crippen LogP contribution in [0.2, 0.25) is 0 Å². The van der Waals surface area contributed by atoms with Crippen LogP contribution in [-0.4, -0.2) is 12.1 Å². The minimum absolute atomic E-state index is 0.143. The summed E-state index contributed by atoms with van der Waals surface area (Å²) in [5.41, 5.74) is 0. The maximum Gasteiger partial charge on any atom is 0.302 e. The van der Waals surface area contributed by atoms with Gasteiger partial charge in [-0.15, -0.1) is 0 Å². The lowest BCUT2D eigenvalue weighted by Crippen LogP contribution is -2.20. The van der Waals surface area contributed by atoms with Crippen LogP contribution in [0.5, 0.6) is 0 Å². The van der Waals surface area contributed by atoms with E-state index < -0.39 is 0 Å². The Balaban J connectivity index is 1.98. The number of ether oxygens (including phenoxy) is 1. The van der Waals surface area contributed by atoms with Crippen LogP contribution in [0.25, 0.3) is 0 Å². The molecule has 2 rings (SSSR count). The van der Waals surface area contributed by atoms with Gasteiger partial charge in [-0.1, -0.05) is 12.2 Å². The Labute approximate surface area is 66.2 Å². The number of esters is 1. The Hall–Kier alpha value is -0.790. The Kier molecular flexibility index (Phi) is 1.48. The zero-order valence-corrected chi connectivity index (χ0v) is 6.62. The molecule has 0 radical (unpaired) electrons. The highest BCUT2D eigenvalue weighted by Gasteiger charge is 2.37. The molecule has 2 heteroatoms. The van der Waals surface area contributed by atoms with Crippen molar-refractivity contribution in [2.45, 2.75) is 25.9 Å². The van der Waals surface area contributed by atoms with Crippen molar-refractivity contribution in [3.05, 3.63) is 12.2 Å². The van der Waals surface area contributed by atoms with E-state index in [-0.39, 0.29) is 12.1 Å². The third kappa shape index (κ3) is 1.17. The van der Waals surface area contributed by atoms with Crippen LogP contribution in [0.4, 0.5) is 0 Å². The molecule has 0 amide bonds. The zero-order chi connectivity index (χ0) is 7.84. The first kappa shape index (κ1) is 6.89. The van der Waals surface area contributed by atoms with E-state index in [0.29, 0.717) is 11.8 Å². The summed E-state index contributed by atoms with van der Waals surface area (Å²) >= 11 is 0. The molecule has 60 valence electrons. The number of carbonyl (C=O) groups is 1. The summed E-state index contributed by atoms with van der Waals surface area (Å²) in [6.07, 6.45) is 6.84. The van der Waals surface area contributed by atoms with Crippen molar-refractivity contribution < 1.29 is 9.53 Å². The predicted octanol–water partition coefficient (Wildman–Crippen LogP) is 1.51. The molecule has 2 aliphatic rings. The number of hydrogen-bond donors (Lipinski definition) is 0. The van der Waals surface area contributed by atoms with Crippen LogP contribution in [0.15, 0.2) is 12.2 Å². The van der Waals surface area contributed by atoms with Gasteiger partial charge in [0.05, 0.1) is 0 Å². The van der Waals surface area contributed by atoms with Crippen LogP contribution in [0, 0.1) is 11.8 Å². The SMILES string of the molecule is CC(=O)O[C@H]1C[C@H]2C=C[C@@H]1C2. The molecule has 0 spiro atoms. The second-order valence-electron chi connectivity index (χ2n) is 3.43. The molecule has 0 aromatic carbocycles. The molecule has 0 aromatic rings. The van der Waals surface area contributed by atoms with Gasteiger partial charge in [-0.25, -0.2) is 0 Å². The highest BCUT2D eigenvalue weighted by atomic mass is 16.5. The lowest BCUT2D eigenvalue weighted by molar-refractivity contribution is -0.147. The Bertz CT molecular complexity index is 208. The Morgan fingerprint density at radius 2 is 2.27 bits per heavy atom. The van der Waals surface area contributed by atoms with Crippen LogP contribution < -0.4 is 0 Å². The first-order chi connectivity index (χ1) is 5.25. The van der Waals surface area contributed by atoms with Crippen molar-refractivity contribution in [1.82, 2.24) is 0 Å². The lowest BCUT2D eigenvalue weighted by Gasteiger charge is -2.17.